The third kappa shape index (κ3) is 25.1. The molecule has 0 radical (unpaired) electrons. The van der Waals surface area contributed by atoms with Gasteiger partial charge in [-0.15, -0.1) is 0 Å². The van der Waals surface area contributed by atoms with Crippen LogP contribution < -0.4 is 56.6 Å². The van der Waals surface area contributed by atoms with Gasteiger partial charge in [0.2, 0.25) is 20.4 Å². The second-order valence-electron chi connectivity index (χ2n) is 40.9. The van der Waals surface area contributed by atoms with Crippen molar-refractivity contribution in [2.45, 2.75) is 228 Å². The number of aromatic nitrogens is 11. The number of hydrogen-bond donors (Lipinski definition) is 1. The van der Waals surface area contributed by atoms with Gasteiger partial charge in [0.15, 0.2) is 51.4 Å². The van der Waals surface area contributed by atoms with E-state index in [1.165, 1.54) is 34.3 Å². The van der Waals surface area contributed by atoms with E-state index in [1.54, 1.807) is 44.8 Å². The van der Waals surface area contributed by atoms with Crippen LogP contribution in [-0.4, -0.2) is 165 Å². The van der Waals surface area contributed by atoms with Crippen molar-refractivity contribution in [2.24, 2.45) is 0 Å². The topological polar surface area (TPSA) is 298 Å². The van der Waals surface area contributed by atoms with E-state index < -0.39 is 65.2 Å². The number of rotatable bonds is 18. The van der Waals surface area contributed by atoms with Gasteiger partial charge in [0, 0.05) is 88.8 Å². The van der Waals surface area contributed by atoms with E-state index in [1.807, 2.05) is 223 Å². The van der Waals surface area contributed by atoms with E-state index in [0.717, 1.165) is 135 Å². The van der Waals surface area contributed by atoms with Gasteiger partial charge in [-0.3, -0.25) is 18.9 Å². The van der Waals surface area contributed by atoms with Gasteiger partial charge < -0.3 is 52.7 Å². The summed E-state index contributed by atoms with van der Waals surface area (Å²) in [6, 6.07) is 53.1. The molecular weight excluding hydrogens is 2080 g/mol. The second kappa shape index (κ2) is 45.2. The molecule has 1 N–H and O–H groups in total. The first-order valence-corrected chi connectivity index (χ1v) is 59.1. The fourth-order valence-corrected chi connectivity index (χ4v) is 22.0. The van der Waals surface area contributed by atoms with Gasteiger partial charge in [0.25, 0.3) is 0 Å². The van der Waals surface area contributed by atoms with Crippen LogP contribution in [0.25, 0.3) is 66.8 Å². The fraction of sp³-hybridized carbons (Fsp3) is 0.375. The number of carbonyl (C=O) groups excluding carboxylic acids is 4. The van der Waals surface area contributed by atoms with Crippen molar-refractivity contribution in [2.75, 3.05) is 61.9 Å². The van der Waals surface area contributed by atoms with E-state index >= 15 is 0 Å². The van der Waals surface area contributed by atoms with Crippen LogP contribution in [-0.2, 0) is 38.2 Å². The monoisotopic (exact) mass is 2210 g/mol. The normalized spacial score (nSPS) is 13.0. The molecule has 0 fully saturated rings. The Hall–Kier alpha value is -13.3. The number of ether oxygens (including phenoxy) is 12. The van der Waals surface area contributed by atoms with Gasteiger partial charge in [-0.2, -0.15) is 28.8 Å². The van der Waals surface area contributed by atoms with E-state index in [4.69, 9.17) is 83.5 Å². The molecule has 4 aliphatic heterocycles. The number of allylic oxidation sites excluding steroid dienone is 1. The van der Waals surface area contributed by atoms with Crippen LogP contribution in [0.3, 0.4) is 0 Å². The molecule has 2 amide bonds. The van der Waals surface area contributed by atoms with Gasteiger partial charge in [-0.05, 0) is 225 Å². The first-order valence-electron chi connectivity index (χ1n) is 47.7. The third-order valence-electron chi connectivity index (χ3n) is 23.6. The van der Waals surface area contributed by atoms with Crippen LogP contribution in [0.2, 0.25) is 20.0 Å². The Balaban J connectivity index is 0.000000163. The number of para-hydroxylation sites is 6. The second-order valence-corrected chi connectivity index (χ2v) is 56.8. The summed E-state index contributed by atoms with van der Waals surface area (Å²) in [7, 11) is 0. The SMILES string of the molecule is C.C.C.CC(C)c1cnn2c(N(CCc3cn(C(=O)OC(C)(C)C)c4ccccc34)C(=O)OC(C)(C)C)cc(-c3cccc4c3OCO4)nc12.CC(C)c1cnn2c(N(CCc3cn(C(=O)OC(C)(C)C)c4ccccc34)C(=O)OC(C)(C)C)cc(Cl)nc12.CC(C)c1cnn2c(NCCC3=CCc4ccccc43)cc(-c3cccc4c3OCO4)nc12.Ic1cccc2c1OCO2.[CH3][Sn]([CH3])([CH3])[c]1cccc2c1OCO2. The summed E-state index contributed by atoms with van der Waals surface area (Å²) >= 11 is 6.65. The van der Waals surface area contributed by atoms with Crippen LogP contribution in [0.1, 0.15) is 210 Å². The van der Waals surface area contributed by atoms with Gasteiger partial charge >= 0.3 is 107 Å². The summed E-state index contributed by atoms with van der Waals surface area (Å²) in [5.41, 5.74) is 12.8. The molecule has 30 nitrogen and oxygen atoms in total. The van der Waals surface area contributed by atoms with Crippen molar-refractivity contribution in [3.8, 4) is 68.5 Å². The molecule has 0 bridgehead atoms. The summed E-state index contributed by atoms with van der Waals surface area (Å²) in [6.07, 6.45) is 12.2. The molecule has 20 rings (SSSR count). The van der Waals surface area contributed by atoms with Gasteiger partial charge in [-0.25, -0.2) is 34.1 Å². The predicted molar refractivity (Wildman–Crippen MR) is 583 cm³/mol. The number of fused-ring (bicyclic) bond motifs is 10. The number of benzene rings is 7. The maximum absolute atomic E-state index is 14.1. The van der Waals surface area contributed by atoms with Crippen LogP contribution in [0, 0.1) is 3.57 Å². The molecule has 145 heavy (non-hydrogen) atoms. The Kier molecular flexibility index (Phi) is 33.9. The minimum atomic E-state index is -2.01. The molecule has 0 saturated carbocycles. The van der Waals surface area contributed by atoms with Crippen molar-refractivity contribution < 1.29 is 76.0 Å². The number of nitrogens with zero attached hydrogens (tertiary/aromatic N) is 13. The number of hydrogen-bond acceptors (Lipinski definition) is 23. The maximum atomic E-state index is 14.1. The van der Waals surface area contributed by atoms with E-state index in [9.17, 15) is 19.2 Å². The summed E-state index contributed by atoms with van der Waals surface area (Å²) in [4.78, 5) is 78.5. The van der Waals surface area contributed by atoms with E-state index in [2.05, 4.69) is 134 Å². The summed E-state index contributed by atoms with van der Waals surface area (Å²) in [5, 5.41) is 19.5. The third-order valence-corrected chi connectivity index (χ3v) is 30.4. The first-order chi connectivity index (χ1) is 67.5. The van der Waals surface area contributed by atoms with Crippen molar-refractivity contribution in [3.63, 3.8) is 0 Å². The Morgan fingerprint density at radius 3 is 1.31 bits per heavy atom. The minimum absolute atomic E-state index is 0. The number of amides is 2. The molecule has 33 heteroatoms. The molecule has 12 heterocycles. The Morgan fingerprint density at radius 1 is 0.448 bits per heavy atom. The van der Waals surface area contributed by atoms with Crippen LogP contribution >= 0.6 is 34.2 Å². The zero-order valence-corrected chi connectivity index (χ0v) is 89.9. The van der Waals surface area contributed by atoms with Crippen molar-refractivity contribution in [1.82, 2.24) is 52.9 Å². The van der Waals surface area contributed by atoms with Crippen molar-refractivity contribution in [3.05, 3.63) is 249 Å². The van der Waals surface area contributed by atoms with E-state index in [0.29, 0.717) is 72.5 Å². The number of nitrogens with one attached hydrogen (secondary N) is 1. The van der Waals surface area contributed by atoms with Crippen LogP contribution in [0.15, 0.2) is 201 Å². The standard InChI is InChI=1S/C36H41N5O6.C29H36ClN5O4.C27H26N4O2.C7H5IO2.C7H5O2.3CH4.3CH3.Sn/c1-22(2)26-19-37-41-30(18-27(38-32(26)41)25-13-11-15-29-31(25)45-21-44-29)39(33(42)46-35(3,4)5)17-16-23-20-40(34(43)47-36(6,7)8)28-14-10-9-12-24(23)28;1-18(2)21-16-31-35-24(15-23(30)32-25(21)35)33(26(36)38-28(3,4)5)14-13-19-17-34(27(37)39-29(6,7)8)22-12-10-9-11-20(19)22;1-17(2)22-15-29-31-25(28-13-12-19-11-10-18-6-3-4-7-20(18)19)14-23(30-27(22)31)21-8-5-9-24-26(21)33-16-32-24;8-5-2-1-3-6-7(5)10-4-9-6;1-2-4-7-6(3-1)8-5-9-7;;;;;;;/h9-15,18-20,22H,16-17,21H2,1-8H3;9-12,15-18H,13-14H2,1-8H3;3-9,11,14-15,17,28H,10,12-13,16H2,1-2H3;1-3H,4H2;1-3H,5H2;3*1H4;3*1H3;. The Bertz CT molecular complexity index is 7270. The van der Waals surface area contributed by atoms with Crippen molar-refractivity contribution in [1.29, 1.82) is 0 Å². The van der Waals surface area contributed by atoms with E-state index in [-0.39, 0.29) is 65.9 Å². The number of halogens is 2. The first kappa shape index (κ1) is 109. The molecular formula is C112H134ClIN14O16Sn. The van der Waals surface area contributed by atoms with Crippen LogP contribution in [0.5, 0.6) is 46.0 Å². The molecule has 766 valence electrons. The zero-order chi connectivity index (χ0) is 101. The fourth-order valence-electron chi connectivity index (χ4n) is 17.0. The quantitative estimate of drug-likeness (QED) is 0.0361. The van der Waals surface area contributed by atoms with Crippen molar-refractivity contribution >= 4 is 142 Å². The van der Waals surface area contributed by atoms with Gasteiger partial charge in [-0.1, -0.05) is 160 Å². The summed E-state index contributed by atoms with van der Waals surface area (Å²) in [6.45, 7) is 36.9. The van der Waals surface area contributed by atoms with Gasteiger partial charge in [0.1, 0.15) is 45.0 Å². The average molecular weight is 2210 g/mol. The molecule has 5 aliphatic rings. The molecule has 7 aromatic carbocycles. The molecule has 8 aromatic heterocycles. The predicted octanol–water partition coefficient (Wildman–Crippen LogP) is 26.8. The molecule has 1 aliphatic carbocycles. The molecule has 0 spiro atoms. The molecule has 0 saturated heterocycles. The molecule has 0 atom stereocenters. The summed E-state index contributed by atoms with van der Waals surface area (Å²) in [5.74, 6) is 8.85. The number of anilines is 3. The zero-order valence-electron chi connectivity index (χ0n) is 84.2. The average Bonchev–Trinajstić information content (AvgIpc) is 1.62. The van der Waals surface area contributed by atoms with Gasteiger partial charge in [0.05, 0.1) is 44.6 Å². The molecule has 0 unspecified atom stereocenters. The van der Waals surface area contributed by atoms with Crippen LogP contribution in [0.4, 0.5) is 36.6 Å². The molecule has 15 aromatic rings. The number of carbonyl (C=O) groups is 4. The Morgan fingerprint density at radius 2 is 0.841 bits per heavy atom. The summed E-state index contributed by atoms with van der Waals surface area (Å²) < 4.78 is 77.8. The Labute approximate surface area is 871 Å².